The van der Waals surface area contributed by atoms with Crippen LogP contribution in [0.3, 0.4) is 0 Å². The molecule has 5 N–H and O–H groups in total. The molecule has 1 amide bonds. The van der Waals surface area contributed by atoms with Gasteiger partial charge in [0.15, 0.2) is 34.7 Å². The summed E-state index contributed by atoms with van der Waals surface area (Å²) in [5.41, 5.74) is -0.423. The molecule has 2 saturated carbocycles. The van der Waals surface area contributed by atoms with Crippen molar-refractivity contribution in [2.45, 2.75) is 38.3 Å². The number of hydrogen-bond acceptors (Lipinski definition) is 9. The van der Waals surface area contributed by atoms with E-state index < -0.39 is 75.1 Å². The van der Waals surface area contributed by atoms with Crippen LogP contribution in [0.15, 0.2) is 12.1 Å². The minimum absolute atomic E-state index is 0.0457. The average molecular weight is 510 g/mol. The number of rotatable bonds is 2. The van der Waals surface area contributed by atoms with Crippen molar-refractivity contribution in [2.24, 2.45) is 28.4 Å². The van der Waals surface area contributed by atoms with E-state index in [0.29, 0.717) is 0 Å². The van der Waals surface area contributed by atoms with E-state index in [9.17, 15) is 39.0 Å². The molecule has 1 aromatic carbocycles. The molecular weight excluding hydrogens is 484 g/mol. The summed E-state index contributed by atoms with van der Waals surface area (Å²) >= 11 is 0. The number of nitrogens with two attached hydrogens (primary N) is 1. The van der Waals surface area contributed by atoms with Crippen LogP contribution in [-0.4, -0.2) is 81.0 Å². The number of carbonyl (C=O) groups excluding carboxylic acids is 5. The Balaban J connectivity index is 1.99. The Bertz CT molecular complexity index is 1390. The number of carbonyl (C=O) groups is 6. The van der Waals surface area contributed by atoms with Gasteiger partial charge in [-0.05, 0) is 50.0 Å². The molecule has 0 bridgehead atoms. The van der Waals surface area contributed by atoms with Crippen LogP contribution >= 0.6 is 0 Å². The molecule has 194 valence electrons. The second-order valence-corrected chi connectivity index (χ2v) is 10.8. The van der Waals surface area contributed by atoms with Gasteiger partial charge in [0.05, 0.1) is 17.5 Å². The number of aliphatic hydroxyl groups is 1. The number of carboxylic acid groups (broad SMARTS) is 1. The van der Waals surface area contributed by atoms with E-state index in [1.54, 1.807) is 6.92 Å². The summed E-state index contributed by atoms with van der Waals surface area (Å²) < 4.78 is 0. The first-order valence-corrected chi connectivity index (χ1v) is 11.5. The highest BCUT2D eigenvalue weighted by atomic mass is 16.4. The Labute approximate surface area is 211 Å². The van der Waals surface area contributed by atoms with Gasteiger partial charge in [-0.15, -0.1) is 0 Å². The maximum atomic E-state index is 14.1. The zero-order chi connectivity index (χ0) is 27.8. The van der Waals surface area contributed by atoms with Crippen molar-refractivity contribution in [1.29, 1.82) is 0 Å². The largest absolute Gasteiger partial charge is 0.507 e. The number of primary amides is 1. The van der Waals surface area contributed by atoms with Crippen LogP contribution in [0.25, 0.3) is 0 Å². The van der Waals surface area contributed by atoms with Gasteiger partial charge in [0.2, 0.25) is 5.91 Å². The molecule has 0 saturated heterocycles. The van der Waals surface area contributed by atoms with Crippen LogP contribution in [0.1, 0.15) is 41.8 Å². The van der Waals surface area contributed by atoms with Gasteiger partial charge < -0.3 is 21.1 Å². The van der Waals surface area contributed by atoms with Crippen LogP contribution in [0.4, 0.5) is 0 Å². The van der Waals surface area contributed by atoms with E-state index in [4.69, 9.17) is 10.8 Å². The molecule has 6 atom stereocenters. The quantitative estimate of drug-likeness (QED) is 0.286. The van der Waals surface area contributed by atoms with Crippen LogP contribution in [-0.2, 0) is 30.4 Å². The molecule has 0 radical (unpaired) electrons. The topological polar surface area (TPSA) is 192 Å². The van der Waals surface area contributed by atoms with Gasteiger partial charge >= 0.3 is 5.97 Å². The van der Waals surface area contributed by atoms with Crippen molar-refractivity contribution in [2.75, 3.05) is 14.1 Å². The Kier molecular flexibility index (Phi) is 5.71. The van der Waals surface area contributed by atoms with Crippen molar-refractivity contribution in [3.63, 3.8) is 0 Å². The molecule has 0 aliphatic heterocycles. The lowest BCUT2D eigenvalue weighted by molar-refractivity contribution is -0.203. The first-order chi connectivity index (χ1) is 17.0. The summed E-state index contributed by atoms with van der Waals surface area (Å²) in [5.74, 6) is -6.67. The lowest BCUT2D eigenvalue weighted by Crippen LogP contribution is -2.79. The third kappa shape index (κ3) is 3.29. The number of amides is 1. The van der Waals surface area contributed by atoms with Crippen molar-refractivity contribution in [3.05, 3.63) is 28.8 Å². The van der Waals surface area contributed by atoms with Gasteiger partial charge in [-0.2, -0.15) is 0 Å². The smallest absolute Gasteiger partial charge is 0.382 e. The maximum absolute atomic E-state index is 14.1. The Morgan fingerprint density at radius 2 is 1.73 bits per heavy atom. The number of Topliss-reactive ketones (excluding diaryl/α,β-unsaturated/α-hetero) is 4. The summed E-state index contributed by atoms with van der Waals surface area (Å²) in [6, 6.07) is 1.23. The zero-order valence-corrected chi connectivity index (χ0v) is 20.6. The molecule has 0 spiro atoms. The Morgan fingerprint density at radius 3 is 2.27 bits per heavy atom. The van der Waals surface area contributed by atoms with Crippen molar-refractivity contribution in [1.82, 2.24) is 4.90 Å². The number of fused-ring (bicyclic) bond motifs is 3. The monoisotopic (exact) mass is 510 g/mol. The second kappa shape index (κ2) is 8.06. The average Bonchev–Trinajstić information content (AvgIpc) is 2.75. The highest BCUT2D eigenvalue weighted by Gasteiger charge is 2.76. The molecule has 1 aromatic rings. The van der Waals surface area contributed by atoms with Gasteiger partial charge in [0.25, 0.3) is 0 Å². The fraction of sp³-hybridized carbons (Fsp3) is 0.462. The molecule has 37 heavy (non-hydrogen) atoms. The van der Waals surface area contributed by atoms with Crippen LogP contribution < -0.4 is 5.73 Å². The molecule has 4 rings (SSSR count). The number of ketones is 4. The zero-order valence-electron chi connectivity index (χ0n) is 20.6. The number of nitrogens with zero attached hydrogens (tertiary/aromatic N) is 1. The number of aliphatic carboxylic acids is 1. The van der Waals surface area contributed by atoms with Crippen molar-refractivity contribution < 1.29 is 44.1 Å². The van der Waals surface area contributed by atoms with Gasteiger partial charge in [-0.25, -0.2) is 4.79 Å². The maximum Gasteiger partial charge on any atom is 0.382 e. The number of benzene rings is 1. The van der Waals surface area contributed by atoms with E-state index in [1.807, 2.05) is 5.92 Å². The van der Waals surface area contributed by atoms with E-state index in [1.165, 1.54) is 32.0 Å². The molecule has 3 aliphatic carbocycles. The Morgan fingerprint density at radius 1 is 1.11 bits per heavy atom. The summed E-state index contributed by atoms with van der Waals surface area (Å²) in [6.45, 7) is 3.00. The normalized spacial score (nSPS) is 34.7. The predicted octanol–water partition coefficient (Wildman–Crippen LogP) is -0.917. The number of hydrogen-bond donors (Lipinski definition) is 4. The van der Waals surface area contributed by atoms with Crippen molar-refractivity contribution >= 4 is 35.0 Å². The molecule has 11 heteroatoms. The first-order valence-electron chi connectivity index (χ1n) is 11.5. The van der Waals surface area contributed by atoms with Crippen LogP contribution in [0.2, 0.25) is 0 Å². The molecule has 0 aromatic heterocycles. The number of carboxylic acids is 1. The van der Waals surface area contributed by atoms with Crippen LogP contribution in [0, 0.1) is 34.5 Å². The summed E-state index contributed by atoms with van der Waals surface area (Å²) in [7, 11) is 3.00. The fourth-order valence-electron chi connectivity index (χ4n) is 6.96. The highest BCUT2D eigenvalue weighted by molar-refractivity contribution is 6.33. The van der Waals surface area contributed by atoms with E-state index >= 15 is 0 Å². The lowest BCUT2D eigenvalue weighted by Gasteiger charge is -2.61. The SMILES string of the molecule is CN(C)[C@@H]1C(=O)C(C(N)=O)C(=O)[C@@]2(O)C(=O)C3C(=O)c4c(O)ccc(C#CC(=O)O)c4C[C@@]3(C)C[C@@]12C. The molecule has 0 heterocycles. The molecule has 3 aliphatic rings. The third-order valence-electron chi connectivity index (χ3n) is 8.17. The summed E-state index contributed by atoms with van der Waals surface area (Å²) in [4.78, 5) is 79.2. The molecule has 2 unspecified atom stereocenters. The summed E-state index contributed by atoms with van der Waals surface area (Å²) in [6.07, 6.45) is -0.221. The molecular formula is C26H26N2O9. The van der Waals surface area contributed by atoms with Gasteiger partial charge in [-0.1, -0.05) is 19.8 Å². The molecule has 11 nitrogen and oxygen atoms in total. The van der Waals surface area contributed by atoms with Gasteiger partial charge in [-0.3, -0.25) is 28.9 Å². The van der Waals surface area contributed by atoms with E-state index in [-0.39, 0.29) is 29.5 Å². The minimum Gasteiger partial charge on any atom is -0.507 e. The number of aromatic hydroxyl groups is 1. The van der Waals surface area contributed by atoms with Gasteiger partial charge in [0, 0.05) is 16.9 Å². The first kappa shape index (κ1) is 26.2. The number of likely N-dealkylation sites (N-methyl/N-ethyl adjacent to an activating group) is 1. The fourth-order valence-corrected chi connectivity index (χ4v) is 6.96. The lowest BCUT2D eigenvalue weighted by atomic mass is 9.42. The number of phenols is 1. The minimum atomic E-state index is -2.89. The Hall–Kier alpha value is -3.88. The van der Waals surface area contributed by atoms with E-state index in [0.717, 1.165) is 6.07 Å². The van der Waals surface area contributed by atoms with Crippen LogP contribution in [0.5, 0.6) is 5.75 Å². The van der Waals surface area contributed by atoms with Crippen molar-refractivity contribution in [3.8, 4) is 17.6 Å². The number of phenolic OH excluding ortho intramolecular Hbond substituents is 1. The van der Waals surface area contributed by atoms with E-state index in [2.05, 4.69) is 5.92 Å². The summed E-state index contributed by atoms with van der Waals surface area (Å²) in [5, 5.41) is 31.3. The highest BCUT2D eigenvalue weighted by Crippen LogP contribution is 2.61. The third-order valence-corrected chi connectivity index (χ3v) is 8.17. The standard InChI is InChI=1S/C26H26N2O9/c1-24-9-12-11(6-8-14(30)31)5-7-13(29)15(12)18(32)17(24)22(35)26(37)21(34)16(23(27)36)19(33)20(28(3)4)25(26,2)10-24/h5,7,16-17,20,29,37H,9-10H2,1-4H3,(H2,27,36)(H,30,31)/t16?,17?,20-,24+,25+,26-/m1/s1. The molecule has 2 fully saturated rings. The second-order valence-electron chi connectivity index (χ2n) is 10.8. The van der Waals surface area contributed by atoms with Gasteiger partial charge in [0.1, 0.15) is 5.75 Å². The predicted molar refractivity (Wildman–Crippen MR) is 125 cm³/mol.